The maximum Gasteiger partial charge on any atom is 0.405 e. The number of alkyl halides is 4. The van der Waals surface area contributed by atoms with Crippen LogP contribution >= 0.6 is 0 Å². The van der Waals surface area contributed by atoms with Gasteiger partial charge < -0.3 is 14.2 Å². The summed E-state index contributed by atoms with van der Waals surface area (Å²) in [5, 5.41) is -4.50. The third-order valence-corrected chi connectivity index (χ3v) is 10.1. The largest absolute Gasteiger partial charge is 0.483 e. The molecule has 228 valence electrons. The maximum atomic E-state index is 14.0. The Labute approximate surface area is 246 Å². The molecule has 1 N–H and O–H groups in total. The molecule has 0 spiro atoms. The lowest BCUT2D eigenvalue weighted by Crippen LogP contribution is -2.46. The SMILES string of the molecule is CC(Oc1ccc([S+](c2ccc(C(C)(C)C)cc2)c2ccc(C3(C)OCC(F)(F)CO3)cc2)cc1)C(F)(F)S(=O)(=O)O. The average molecular weight is 630 g/mol. The summed E-state index contributed by atoms with van der Waals surface area (Å²) in [5.41, 5.74) is 1.65. The first-order valence-electron chi connectivity index (χ1n) is 13.1. The van der Waals surface area contributed by atoms with Gasteiger partial charge in [-0.15, -0.1) is 0 Å². The monoisotopic (exact) mass is 629 g/mol. The van der Waals surface area contributed by atoms with Gasteiger partial charge in [0.25, 0.3) is 5.92 Å². The van der Waals surface area contributed by atoms with E-state index < -0.39 is 57.3 Å². The van der Waals surface area contributed by atoms with Crippen LogP contribution < -0.4 is 4.74 Å². The molecule has 12 heteroatoms. The molecule has 6 nitrogen and oxygen atoms in total. The molecule has 42 heavy (non-hydrogen) atoms. The lowest BCUT2D eigenvalue weighted by Gasteiger charge is -2.37. The molecule has 2 atom stereocenters. The van der Waals surface area contributed by atoms with Gasteiger partial charge in [0, 0.05) is 5.56 Å². The highest BCUT2D eigenvalue weighted by Gasteiger charge is 2.51. The van der Waals surface area contributed by atoms with Crippen molar-refractivity contribution >= 4 is 21.0 Å². The highest BCUT2D eigenvalue weighted by Crippen LogP contribution is 2.38. The first-order valence-corrected chi connectivity index (χ1v) is 15.7. The van der Waals surface area contributed by atoms with Crippen molar-refractivity contribution in [3.8, 4) is 5.75 Å². The Kier molecular flexibility index (Phi) is 8.81. The van der Waals surface area contributed by atoms with Gasteiger partial charge in [0.15, 0.2) is 26.6 Å². The summed E-state index contributed by atoms with van der Waals surface area (Å²) in [7, 11) is -6.35. The van der Waals surface area contributed by atoms with Crippen LogP contribution in [0.5, 0.6) is 5.75 Å². The molecule has 0 radical (unpaired) electrons. The fourth-order valence-electron chi connectivity index (χ4n) is 4.27. The molecule has 1 fully saturated rings. The first-order chi connectivity index (χ1) is 19.3. The summed E-state index contributed by atoms with van der Waals surface area (Å²) in [5.74, 6) is -4.39. The molecule has 3 aromatic carbocycles. The molecule has 0 bridgehead atoms. The highest BCUT2D eigenvalue weighted by molar-refractivity contribution is 7.97. The Morgan fingerprint density at radius 3 is 1.71 bits per heavy atom. The van der Waals surface area contributed by atoms with Crippen molar-refractivity contribution in [2.45, 2.75) is 77.8 Å². The average Bonchev–Trinajstić information content (AvgIpc) is 2.91. The van der Waals surface area contributed by atoms with Crippen LogP contribution in [0.3, 0.4) is 0 Å². The zero-order valence-electron chi connectivity index (χ0n) is 23.7. The van der Waals surface area contributed by atoms with E-state index in [-0.39, 0.29) is 11.2 Å². The van der Waals surface area contributed by atoms with E-state index in [2.05, 4.69) is 20.8 Å². The van der Waals surface area contributed by atoms with Crippen LogP contribution in [0.1, 0.15) is 45.7 Å². The summed E-state index contributed by atoms with van der Waals surface area (Å²) in [6.45, 7) is 7.27. The van der Waals surface area contributed by atoms with Gasteiger partial charge in [-0.2, -0.15) is 17.2 Å². The molecule has 1 heterocycles. The van der Waals surface area contributed by atoms with Crippen molar-refractivity contribution in [2.75, 3.05) is 13.2 Å². The normalized spacial score (nSPS) is 18.7. The van der Waals surface area contributed by atoms with E-state index in [1.54, 1.807) is 31.2 Å². The van der Waals surface area contributed by atoms with Crippen molar-refractivity contribution in [3.05, 3.63) is 83.9 Å². The highest BCUT2D eigenvalue weighted by atomic mass is 32.2. The predicted octanol–water partition coefficient (Wildman–Crippen LogP) is 7.18. The minimum atomic E-state index is -5.66. The van der Waals surface area contributed by atoms with E-state index >= 15 is 0 Å². The fraction of sp³-hybridized carbons (Fsp3) is 0.400. The Balaban J connectivity index is 1.67. The molecule has 2 unspecified atom stereocenters. The smallest absolute Gasteiger partial charge is 0.405 e. The van der Waals surface area contributed by atoms with Crippen molar-refractivity contribution in [1.82, 2.24) is 0 Å². The van der Waals surface area contributed by atoms with Gasteiger partial charge in [-0.25, -0.2) is 8.78 Å². The standard InChI is InChI=1S/C30H32F4O6S2/c1-20(30(33,34)42(35,36)37)40-23-10-16-26(17-11-23)41(24-12-6-21(7-13-24)27(2,3)4)25-14-8-22(9-15-25)28(5)38-18-29(31,32)19-39-28/h6-17,20H,18-19H2,1-5H3/p+1. The Morgan fingerprint density at radius 1 is 0.857 bits per heavy atom. The topological polar surface area (TPSA) is 82.1 Å². The summed E-state index contributed by atoms with van der Waals surface area (Å²) in [4.78, 5) is 2.66. The molecule has 0 saturated carbocycles. The molecule has 1 aliphatic rings. The Hall–Kier alpha value is -2.64. The number of benzene rings is 3. The maximum absolute atomic E-state index is 14.0. The van der Waals surface area contributed by atoms with Crippen LogP contribution in [0.15, 0.2) is 87.5 Å². The summed E-state index contributed by atoms with van der Waals surface area (Å²) in [6.07, 6.45) is -2.14. The van der Waals surface area contributed by atoms with Gasteiger partial charge in [0.1, 0.15) is 19.0 Å². The van der Waals surface area contributed by atoms with E-state index in [9.17, 15) is 26.0 Å². The first kappa shape index (κ1) is 32.3. The predicted molar refractivity (Wildman–Crippen MR) is 151 cm³/mol. The summed E-state index contributed by atoms with van der Waals surface area (Å²) >= 11 is 0. The molecule has 0 amide bonds. The van der Waals surface area contributed by atoms with Crippen LogP contribution in [-0.2, 0) is 41.7 Å². The molecule has 4 rings (SSSR count). The van der Waals surface area contributed by atoms with Crippen LogP contribution in [0.2, 0.25) is 0 Å². The van der Waals surface area contributed by atoms with E-state index in [1.807, 2.05) is 36.4 Å². The zero-order valence-corrected chi connectivity index (χ0v) is 25.4. The minimum absolute atomic E-state index is 0.00660. The molecular weight excluding hydrogens is 596 g/mol. The number of halogens is 4. The summed E-state index contributed by atoms with van der Waals surface area (Å²) in [6, 6.07) is 21.7. The van der Waals surface area contributed by atoms with Crippen molar-refractivity contribution < 1.29 is 44.7 Å². The van der Waals surface area contributed by atoms with Gasteiger partial charge >= 0.3 is 15.4 Å². The van der Waals surface area contributed by atoms with Crippen molar-refractivity contribution in [3.63, 3.8) is 0 Å². The Bertz CT molecular complexity index is 1480. The second kappa shape index (κ2) is 11.5. The van der Waals surface area contributed by atoms with Crippen LogP contribution in [-0.4, -0.2) is 43.5 Å². The van der Waals surface area contributed by atoms with E-state index in [4.69, 9.17) is 18.8 Å². The lowest BCUT2D eigenvalue weighted by molar-refractivity contribution is -0.328. The third kappa shape index (κ3) is 6.94. The zero-order chi connectivity index (χ0) is 31.1. The molecule has 0 aromatic heterocycles. The van der Waals surface area contributed by atoms with E-state index in [0.29, 0.717) is 5.56 Å². The fourth-order valence-corrected chi connectivity index (χ4v) is 6.78. The molecule has 0 aliphatic carbocycles. The van der Waals surface area contributed by atoms with Gasteiger partial charge in [0.2, 0.25) is 0 Å². The van der Waals surface area contributed by atoms with Gasteiger partial charge in [0.05, 0.1) is 10.9 Å². The third-order valence-electron chi connectivity index (χ3n) is 6.88. The van der Waals surface area contributed by atoms with Crippen LogP contribution in [0.4, 0.5) is 17.6 Å². The summed E-state index contributed by atoms with van der Waals surface area (Å²) < 4.78 is 102. The number of ether oxygens (including phenoxy) is 3. The van der Waals surface area contributed by atoms with E-state index in [0.717, 1.165) is 27.2 Å². The van der Waals surface area contributed by atoms with Gasteiger partial charge in [-0.3, -0.25) is 4.55 Å². The van der Waals surface area contributed by atoms with Crippen molar-refractivity contribution in [1.29, 1.82) is 0 Å². The number of rotatable bonds is 8. The van der Waals surface area contributed by atoms with Gasteiger partial charge in [-0.05, 0) is 85.5 Å². The molecule has 3 aromatic rings. The molecular formula is C30H33F4O6S2+. The second-order valence-electron chi connectivity index (χ2n) is 11.3. The van der Waals surface area contributed by atoms with Crippen LogP contribution in [0.25, 0.3) is 0 Å². The second-order valence-corrected chi connectivity index (χ2v) is 14.8. The van der Waals surface area contributed by atoms with Crippen LogP contribution in [0, 0.1) is 0 Å². The molecule has 1 saturated heterocycles. The number of hydrogen-bond donors (Lipinski definition) is 1. The van der Waals surface area contributed by atoms with E-state index in [1.165, 1.54) is 12.1 Å². The van der Waals surface area contributed by atoms with Crippen molar-refractivity contribution in [2.24, 2.45) is 0 Å². The molecule has 1 aliphatic heterocycles. The minimum Gasteiger partial charge on any atom is -0.483 e. The Morgan fingerprint density at radius 2 is 1.29 bits per heavy atom. The quantitative estimate of drug-likeness (QED) is 0.162. The number of hydrogen-bond acceptors (Lipinski definition) is 5. The lowest BCUT2D eigenvalue weighted by atomic mass is 9.87. The van der Waals surface area contributed by atoms with Gasteiger partial charge in [-0.1, -0.05) is 32.9 Å².